The lowest BCUT2D eigenvalue weighted by Gasteiger charge is -2.35. The summed E-state index contributed by atoms with van der Waals surface area (Å²) in [4.78, 5) is 25.7. The third kappa shape index (κ3) is 4.98. The molecule has 1 aliphatic rings. The Kier molecular flexibility index (Phi) is 6.15. The van der Waals surface area contributed by atoms with E-state index >= 15 is 0 Å². The molecular formula is C16H20F3N3O4S. The zero-order valence-electron chi connectivity index (χ0n) is 14.8. The summed E-state index contributed by atoms with van der Waals surface area (Å²) in [6.45, 7) is 3.77. The summed E-state index contributed by atoms with van der Waals surface area (Å²) in [6, 6.07) is 2.53. The Morgan fingerprint density at radius 3 is 2.11 bits per heavy atom. The second-order valence-electron chi connectivity index (χ2n) is 6.17. The molecule has 0 radical (unpaired) electrons. The SMILES string of the molecule is CC(=O)N1CCN(C(=O)C(C)NS(=O)(=O)c2ccccc2C(F)(F)F)CC1. The van der Waals surface area contributed by atoms with Gasteiger partial charge in [0.05, 0.1) is 16.5 Å². The summed E-state index contributed by atoms with van der Waals surface area (Å²) in [5.74, 6) is -0.689. The van der Waals surface area contributed by atoms with Gasteiger partial charge in [-0.1, -0.05) is 12.1 Å². The first-order valence-corrected chi connectivity index (χ1v) is 9.64. The molecule has 1 unspecified atom stereocenters. The van der Waals surface area contributed by atoms with Crippen molar-refractivity contribution in [1.82, 2.24) is 14.5 Å². The Bertz CT molecular complexity index is 818. The lowest BCUT2D eigenvalue weighted by Crippen LogP contribution is -2.54. The van der Waals surface area contributed by atoms with E-state index in [-0.39, 0.29) is 19.0 Å². The van der Waals surface area contributed by atoms with E-state index in [0.29, 0.717) is 19.2 Å². The molecule has 150 valence electrons. The number of alkyl halides is 3. The number of piperazine rings is 1. The molecule has 2 rings (SSSR count). The standard InChI is InChI=1S/C16H20F3N3O4S/c1-11(15(24)22-9-7-21(8-10-22)12(2)23)20-27(25,26)14-6-4-3-5-13(14)16(17,18)19/h3-6,11,20H,7-10H2,1-2H3. The molecule has 1 aromatic carbocycles. The van der Waals surface area contributed by atoms with Gasteiger partial charge in [0.1, 0.15) is 0 Å². The van der Waals surface area contributed by atoms with E-state index in [0.717, 1.165) is 12.1 Å². The van der Waals surface area contributed by atoms with Crippen molar-refractivity contribution in [1.29, 1.82) is 0 Å². The van der Waals surface area contributed by atoms with E-state index < -0.39 is 38.6 Å². The number of amides is 2. The van der Waals surface area contributed by atoms with Crippen molar-refractivity contribution in [3.8, 4) is 0 Å². The lowest BCUT2D eigenvalue weighted by molar-refractivity contribution is -0.140. The highest BCUT2D eigenvalue weighted by molar-refractivity contribution is 7.89. The molecule has 7 nitrogen and oxygen atoms in total. The molecule has 1 atom stereocenters. The van der Waals surface area contributed by atoms with Gasteiger partial charge in [0.25, 0.3) is 0 Å². The topological polar surface area (TPSA) is 86.8 Å². The predicted molar refractivity (Wildman–Crippen MR) is 90.1 cm³/mol. The fourth-order valence-corrected chi connectivity index (χ4v) is 4.22. The fourth-order valence-electron chi connectivity index (χ4n) is 2.80. The van der Waals surface area contributed by atoms with Crippen molar-refractivity contribution < 1.29 is 31.2 Å². The van der Waals surface area contributed by atoms with Crippen LogP contribution >= 0.6 is 0 Å². The molecule has 1 N–H and O–H groups in total. The van der Waals surface area contributed by atoms with E-state index in [1.807, 2.05) is 4.72 Å². The maximum absolute atomic E-state index is 13.1. The second-order valence-corrected chi connectivity index (χ2v) is 7.85. The van der Waals surface area contributed by atoms with E-state index in [2.05, 4.69) is 0 Å². The minimum Gasteiger partial charge on any atom is -0.339 e. The van der Waals surface area contributed by atoms with Crippen LogP contribution in [0.15, 0.2) is 29.2 Å². The number of rotatable bonds is 4. The number of nitrogens with one attached hydrogen (secondary N) is 1. The van der Waals surface area contributed by atoms with Crippen molar-refractivity contribution in [3.05, 3.63) is 29.8 Å². The molecule has 27 heavy (non-hydrogen) atoms. The van der Waals surface area contributed by atoms with Crippen LogP contribution in [0.2, 0.25) is 0 Å². The molecule has 0 aliphatic carbocycles. The Balaban J connectivity index is 2.12. The number of halogens is 3. The van der Waals surface area contributed by atoms with E-state index in [4.69, 9.17) is 0 Å². The average Bonchev–Trinajstić information content (AvgIpc) is 2.60. The monoisotopic (exact) mass is 407 g/mol. The van der Waals surface area contributed by atoms with Gasteiger partial charge in [-0.25, -0.2) is 8.42 Å². The van der Waals surface area contributed by atoms with Crippen LogP contribution in [0.4, 0.5) is 13.2 Å². The van der Waals surface area contributed by atoms with Crippen LogP contribution in [0, 0.1) is 0 Å². The van der Waals surface area contributed by atoms with E-state index in [1.165, 1.54) is 24.8 Å². The van der Waals surface area contributed by atoms with Crippen molar-refractivity contribution in [2.24, 2.45) is 0 Å². The highest BCUT2D eigenvalue weighted by Crippen LogP contribution is 2.33. The van der Waals surface area contributed by atoms with Gasteiger partial charge >= 0.3 is 6.18 Å². The smallest absolute Gasteiger partial charge is 0.339 e. The van der Waals surface area contributed by atoms with Gasteiger partial charge in [0, 0.05) is 33.1 Å². The third-order valence-electron chi connectivity index (χ3n) is 4.22. The molecule has 2 amide bonds. The number of sulfonamides is 1. The first-order valence-electron chi connectivity index (χ1n) is 8.16. The Morgan fingerprint density at radius 1 is 1.07 bits per heavy atom. The summed E-state index contributed by atoms with van der Waals surface area (Å²) >= 11 is 0. The maximum atomic E-state index is 13.1. The van der Waals surface area contributed by atoms with Crippen LogP contribution in [0.5, 0.6) is 0 Å². The quantitative estimate of drug-likeness (QED) is 0.809. The molecule has 0 aromatic heterocycles. The summed E-state index contributed by atoms with van der Waals surface area (Å²) in [5, 5.41) is 0. The molecule has 1 saturated heterocycles. The molecule has 0 saturated carbocycles. The normalized spacial score (nSPS) is 16.9. The molecule has 1 fully saturated rings. The number of hydrogen-bond acceptors (Lipinski definition) is 4. The number of nitrogens with zero attached hydrogens (tertiary/aromatic N) is 2. The first-order chi connectivity index (χ1) is 12.4. The molecule has 1 aromatic rings. The largest absolute Gasteiger partial charge is 0.417 e. The number of benzene rings is 1. The highest BCUT2D eigenvalue weighted by Gasteiger charge is 2.38. The summed E-state index contributed by atoms with van der Waals surface area (Å²) in [6.07, 6.45) is -4.85. The number of carbonyl (C=O) groups is 2. The summed E-state index contributed by atoms with van der Waals surface area (Å²) < 4.78 is 66.0. The van der Waals surface area contributed by atoms with Gasteiger partial charge < -0.3 is 9.80 Å². The lowest BCUT2D eigenvalue weighted by atomic mass is 10.2. The number of hydrogen-bond donors (Lipinski definition) is 1. The third-order valence-corrected chi connectivity index (χ3v) is 5.82. The van der Waals surface area contributed by atoms with Crippen LogP contribution in [-0.4, -0.2) is 62.3 Å². The second kappa shape index (κ2) is 7.85. The predicted octanol–water partition coefficient (Wildman–Crippen LogP) is 1.06. The Hall–Kier alpha value is -2.14. The minimum atomic E-state index is -4.85. The molecule has 1 aliphatic heterocycles. The van der Waals surface area contributed by atoms with E-state index in [1.54, 1.807) is 4.90 Å². The van der Waals surface area contributed by atoms with Crippen molar-refractivity contribution in [2.45, 2.75) is 31.0 Å². The molecular weight excluding hydrogens is 387 g/mol. The van der Waals surface area contributed by atoms with Gasteiger partial charge in [0.2, 0.25) is 21.8 Å². The van der Waals surface area contributed by atoms with Crippen LogP contribution in [0.25, 0.3) is 0 Å². The molecule has 1 heterocycles. The van der Waals surface area contributed by atoms with Gasteiger partial charge in [-0.3, -0.25) is 9.59 Å². The minimum absolute atomic E-state index is 0.125. The Morgan fingerprint density at radius 2 is 1.59 bits per heavy atom. The van der Waals surface area contributed by atoms with Gasteiger partial charge in [-0.2, -0.15) is 17.9 Å². The van der Waals surface area contributed by atoms with E-state index in [9.17, 15) is 31.2 Å². The van der Waals surface area contributed by atoms with Crippen molar-refractivity contribution >= 4 is 21.8 Å². The zero-order valence-corrected chi connectivity index (χ0v) is 15.6. The van der Waals surface area contributed by atoms with Crippen LogP contribution in [-0.2, 0) is 25.8 Å². The highest BCUT2D eigenvalue weighted by atomic mass is 32.2. The van der Waals surface area contributed by atoms with Crippen molar-refractivity contribution in [3.63, 3.8) is 0 Å². The Labute approximate surface area is 155 Å². The summed E-state index contributed by atoms with van der Waals surface area (Å²) in [5.41, 5.74) is -1.30. The van der Waals surface area contributed by atoms with Crippen LogP contribution in [0.3, 0.4) is 0 Å². The zero-order chi connectivity index (χ0) is 20.4. The van der Waals surface area contributed by atoms with Crippen molar-refractivity contribution in [2.75, 3.05) is 26.2 Å². The van der Waals surface area contributed by atoms with Gasteiger partial charge in [-0.05, 0) is 19.1 Å². The molecule has 11 heteroatoms. The molecule has 0 spiro atoms. The fraction of sp³-hybridized carbons (Fsp3) is 0.500. The van der Waals surface area contributed by atoms with Gasteiger partial charge in [0.15, 0.2) is 0 Å². The average molecular weight is 407 g/mol. The molecule has 0 bridgehead atoms. The van der Waals surface area contributed by atoms with Crippen LogP contribution in [0.1, 0.15) is 19.4 Å². The summed E-state index contributed by atoms with van der Waals surface area (Å²) in [7, 11) is -4.56. The van der Waals surface area contributed by atoms with Gasteiger partial charge in [-0.15, -0.1) is 0 Å². The first kappa shape index (κ1) is 21.2. The maximum Gasteiger partial charge on any atom is 0.417 e. The number of carbonyl (C=O) groups excluding carboxylic acids is 2. The van der Waals surface area contributed by atoms with Crippen LogP contribution < -0.4 is 4.72 Å².